The van der Waals surface area contributed by atoms with Crippen molar-refractivity contribution in [2.24, 2.45) is 15.7 Å². The number of rotatable bonds is 2. The molecule has 0 aromatic heterocycles. The van der Waals surface area contributed by atoms with Crippen molar-refractivity contribution in [3.63, 3.8) is 0 Å². The zero-order chi connectivity index (χ0) is 26.6. The Balaban J connectivity index is 0.000000278. The molecule has 2 aromatic rings. The Labute approximate surface area is 215 Å². The first-order valence-electron chi connectivity index (χ1n) is 10.7. The van der Waals surface area contributed by atoms with Gasteiger partial charge in [0.1, 0.15) is 9.49 Å². The van der Waals surface area contributed by atoms with Crippen molar-refractivity contribution in [2.45, 2.75) is 51.0 Å². The van der Waals surface area contributed by atoms with Gasteiger partial charge in [-0.3, -0.25) is 14.4 Å². The molecule has 9 heteroatoms. The first kappa shape index (κ1) is 29.8. The van der Waals surface area contributed by atoms with Crippen LogP contribution in [0.2, 0.25) is 0 Å². The number of aliphatic imine (C=N–C) groups is 2. The topological polar surface area (TPSA) is 126 Å². The van der Waals surface area contributed by atoms with Gasteiger partial charge in [-0.05, 0) is 38.8 Å². The third kappa shape index (κ3) is 8.50. The lowest BCUT2D eigenvalue weighted by molar-refractivity contribution is -0.120. The number of thioether (sulfide) groups is 2. The highest BCUT2D eigenvalue weighted by molar-refractivity contribution is 8.16. The Hall–Kier alpha value is -3.22. The van der Waals surface area contributed by atoms with Gasteiger partial charge in [0.25, 0.3) is 11.8 Å². The molecule has 0 fully saturated rings. The van der Waals surface area contributed by atoms with E-state index in [-0.39, 0.29) is 17.7 Å². The molecule has 35 heavy (non-hydrogen) atoms. The summed E-state index contributed by atoms with van der Waals surface area (Å²) in [5.41, 5.74) is 6.52. The van der Waals surface area contributed by atoms with Gasteiger partial charge in [0.15, 0.2) is 0 Å². The molecule has 0 spiro atoms. The lowest BCUT2D eigenvalue weighted by Crippen LogP contribution is -2.23. The number of benzene rings is 2. The van der Waals surface area contributed by atoms with Gasteiger partial charge in [-0.2, -0.15) is 5.26 Å². The SMILES string of the molecule is CC#N.CC(N)=O.CC1=NC(=O)C(C)(c2ccccc2)S1.CC1=NC(=O)C(C)(c2ccccc2)S1. The number of nitrogens with two attached hydrogens (primary N) is 1. The Kier molecular flexibility index (Phi) is 11.6. The van der Waals surface area contributed by atoms with E-state index in [4.69, 9.17) is 5.26 Å². The van der Waals surface area contributed by atoms with Crippen LogP contribution in [0.3, 0.4) is 0 Å². The molecule has 3 amide bonds. The summed E-state index contributed by atoms with van der Waals surface area (Å²) in [5, 5.41) is 9.02. The molecule has 4 rings (SSSR count). The molecule has 0 saturated carbocycles. The molecule has 2 aromatic carbocycles. The Morgan fingerprint density at radius 3 is 1.29 bits per heavy atom. The Bertz CT molecular complexity index is 1060. The minimum absolute atomic E-state index is 0.0498. The molecule has 2 aliphatic heterocycles. The summed E-state index contributed by atoms with van der Waals surface area (Å²) in [5.74, 6) is -0.433. The summed E-state index contributed by atoms with van der Waals surface area (Å²) >= 11 is 3.06. The fraction of sp³-hybridized carbons (Fsp3) is 0.308. The van der Waals surface area contributed by atoms with Crippen molar-refractivity contribution < 1.29 is 14.4 Å². The van der Waals surface area contributed by atoms with E-state index in [1.165, 1.54) is 37.4 Å². The summed E-state index contributed by atoms with van der Waals surface area (Å²) < 4.78 is -1.02. The number of nitrogens with zero attached hydrogens (tertiary/aromatic N) is 3. The van der Waals surface area contributed by atoms with E-state index in [1.54, 1.807) is 6.07 Å². The fourth-order valence-electron chi connectivity index (χ4n) is 3.10. The van der Waals surface area contributed by atoms with Crippen molar-refractivity contribution in [1.29, 1.82) is 5.26 Å². The molecular formula is C26H30N4O3S2. The number of amides is 3. The highest BCUT2D eigenvalue weighted by atomic mass is 32.2. The zero-order valence-electron chi connectivity index (χ0n) is 20.7. The van der Waals surface area contributed by atoms with Gasteiger partial charge in [0.05, 0.1) is 16.2 Å². The minimum Gasteiger partial charge on any atom is -0.370 e. The van der Waals surface area contributed by atoms with Crippen LogP contribution in [-0.4, -0.2) is 27.8 Å². The lowest BCUT2D eigenvalue weighted by Gasteiger charge is -2.19. The third-order valence-electron chi connectivity index (χ3n) is 4.69. The third-order valence-corrected chi connectivity index (χ3v) is 7.10. The first-order chi connectivity index (χ1) is 16.4. The molecule has 184 valence electrons. The summed E-state index contributed by atoms with van der Waals surface area (Å²) in [4.78, 5) is 40.5. The number of carbonyl (C=O) groups excluding carboxylic acids is 3. The molecule has 2 heterocycles. The number of hydrogen-bond donors (Lipinski definition) is 1. The van der Waals surface area contributed by atoms with Crippen LogP contribution in [0.15, 0.2) is 70.6 Å². The maximum Gasteiger partial charge on any atom is 0.267 e. The van der Waals surface area contributed by atoms with E-state index < -0.39 is 9.49 Å². The van der Waals surface area contributed by atoms with E-state index >= 15 is 0 Å². The van der Waals surface area contributed by atoms with E-state index in [0.717, 1.165) is 21.2 Å². The number of primary amides is 1. The predicted octanol–water partition coefficient (Wildman–Crippen LogP) is 5.21. The van der Waals surface area contributed by atoms with Gasteiger partial charge in [-0.15, -0.1) is 0 Å². The second-order valence-electron chi connectivity index (χ2n) is 7.71. The van der Waals surface area contributed by atoms with Crippen LogP contribution in [0.5, 0.6) is 0 Å². The minimum atomic E-state index is -0.509. The average molecular weight is 511 g/mol. The number of hydrogen-bond acceptors (Lipinski definition) is 6. The van der Waals surface area contributed by atoms with Gasteiger partial charge in [0, 0.05) is 13.8 Å². The van der Waals surface area contributed by atoms with Gasteiger partial charge in [0.2, 0.25) is 5.91 Å². The molecule has 2 atom stereocenters. The van der Waals surface area contributed by atoms with Crippen molar-refractivity contribution in [3.8, 4) is 6.07 Å². The highest BCUT2D eigenvalue weighted by Crippen LogP contribution is 2.43. The molecule has 0 bridgehead atoms. The molecule has 2 unspecified atom stereocenters. The fourth-order valence-corrected chi connectivity index (χ4v) is 5.31. The molecule has 0 aliphatic carbocycles. The molecule has 0 radical (unpaired) electrons. The zero-order valence-corrected chi connectivity index (χ0v) is 22.4. The number of nitriles is 1. The van der Waals surface area contributed by atoms with Crippen LogP contribution in [0.4, 0.5) is 0 Å². The predicted molar refractivity (Wildman–Crippen MR) is 145 cm³/mol. The number of carbonyl (C=O) groups is 3. The molecule has 2 aliphatic rings. The normalized spacial score (nSPS) is 22.1. The van der Waals surface area contributed by atoms with Crippen molar-refractivity contribution in [2.75, 3.05) is 0 Å². The summed E-state index contributed by atoms with van der Waals surface area (Å²) in [6, 6.07) is 21.3. The smallest absolute Gasteiger partial charge is 0.267 e. The van der Waals surface area contributed by atoms with Crippen molar-refractivity contribution >= 4 is 51.3 Å². The molecular weight excluding hydrogens is 480 g/mol. The van der Waals surface area contributed by atoms with E-state index in [9.17, 15) is 14.4 Å². The average Bonchev–Trinajstić information content (AvgIpc) is 3.23. The highest BCUT2D eigenvalue weighted by Gasteiger charge is 2.41. The van der Waals surface area contributed by atoms with Crippen LogP contribution in [-0.2, 0) is 23.9 Å². The maximum absolute atomic E-state index is 11.7. The van der Waals surface area contributed by atoms with Crippen molar-refractivity contribution in [3.05, 3.63) is 71.8 Å². The van der Waals surface area contributed by atoms with Gasteiger partial charge < -0.3 is 5.73 Å². The molecule has 0 saturated heterocycles. The van der Waals surface area contributed by atoms with Crippen LogP contribution in [0.25, 0.3) is 0 Å². The van der Waals surface area contributed by atoms with Crippen LogP contribution >= 0.6 is 23.5 Å². The quantitative estimate of drug-likeness (QED) is 0.591. The summed E-state index contributed by atoms with van der Waals surface area (Å²) in [7, 11) is 0. The molecule has 2 N–H and O–H groups in total. The second kappa shape index (κ2) is 13.6. The van der Waals surface area contributed by atoms with E-state index in [2.05, 4.69) is 15.7 Å². The van der Waals surface area contributed by atoms with Crippen LogP contribution in [0.1, 0.15) is 52.7 Å². The summed E-state index contributed by atoms with van der Waals surface area (Å²) in [6.07, 6.45) is 0. The second-order valence-corrected chi connectivity index (χ2v) is 10.9. The van der Waals surface area contributed by atoms with E-state index in [0.29, 0.717) is 0 Å². The van der Waals surface area contributed by atoms with Crippen molar-refractivity contribution in [1.82, 2.24) is 0 Å². The van der Waals surface area contributed by atoms with Gasteiger partial charge in [-0.1, -0.05) is 84.2 Å². The van der Waals surface area contributed by atoms with Gasteiger partial charge >= 0.3 is 0 Å². The largest absolute Gasteiger partial charge is 0.370 e. The molecule has 7 nitrogen and oxygen atoms in total. The van der Waals surface area contributed by atoms with Gasteiger partial charge in [-0.25, -0.2) is 9.98 Å². The van der Waals surface area contributed by atoms with E-state index in [1.807, 2.05) is 88.4 Å². The standard InChI is InChI=1S/2C11H11NOS.C2H5NO.C2H3N/c2*1-8-12-10(13)11(2,14-8)9-6-4-3-5-7-9;1-2(3)4;1-2-3/h2*3-7H,1-2H3;1H3,(H2,3,4);1H3. The first-order valence-corrected chi connectivity index (χ1v) is 12.3. The maximum atomic E-state index is 11.7. The lowest BCUT2D eigenvalue weighted by atomic mass is 10.00. The Morgan fingerprint density at radius 2 is 1.09 bits per heavy atom. The summed E-state index contributed by atoms with van der Waals surface area (Å²) in [6.45, 7) is 10.3. The monoisotopic (exact) mass is 510 g/mol. The van der Waals surface area contributed by atoms with Crippen LogP contribution < -0.4 is 5.73 Å². The Morgan fingerprint density at radius 1 is 0.829 bits per heavy atom. The van der Waals surface area contributed by atoms with Crippen LogP contribution in [0, 0.1) is 11.3 Å².